The van der Waals surface area contributed by atoms with Crippen molar-refractivity contribution < 1.29 is 13.6 Å². The number of benzene rings is 3. The second kappa shape index (κ2) is 8.43. The Morgan fingerprint density at radius 3 is 2.25 bits per heavy atom. The summed E-state index contributed by atoms with van der Waals surface area (Å²) in [6.07, 6.45) is 0. The highest BCUT2D eigenvalue weighted by Gasteiger charge is 2.38. The zero-order chi connectivity index (χ0) is 22.1. The van der Waals surface area contributed by atoms with Gasteiger partial charge in [-0.2, -0.15) is 0 Å². The number of halogens is 2. The van der Waals surface area contributed by atoms with E-state index in [-0.39, 0.29) is 17.5 Å². The van der Waals surface area contributed by atoms with Crippen LogP contribution < -0.4 is 10.7 Å². The van der Waals surface area contributed by atoms with Crippen LogP contribution in [-0.4, -0.2) is 26.0 Å². The molecular weight excluding hydrogens is 432 g/mol. The second-order valence-electron chi connectivity index (χ2n) is 7.20. The molecule has 0 fully saturated rings. The smallest absolute Gasteiger partial charge is 0.240 e. The van der Waals surface area contributed by atoms with E-state index in [1.165, 1.54) is 48.2 Å². The molecule has 4 aromatic rings. The Balaban J connectivity index is 1.50. The number of anilines is 1. The number of aromatic nitrogens is 3. The molecule has 0 saturated heterocycles. The summed E-state index contributed by atoms with van der Waals surface area (Å²) in [6, 6.07) is 20.6. The second-order valence-corrected chi connectivity index (χ2v) is 8.31. The first-order chi connectivity index (χ1) is 15.6. The van der Waals surface area contributed by atoms with Crippen LogP contribution in [0.5, 0.6) is 0 Å². The molecule has 5 rings (SSSR count). The van der Waals surface area contributed by atoms with E-state index >= 15 is 0 Å². The standard InChI is InChI=1S/C23H17F2N5OS/c24-16-8-6-14(7-9-16)19-20(22(31)26-18-12-10-17(25)11-13-18)32-23-28-27-21(30(23)29-19)15-4-2-1-3-5-15/h1-13,19-20,29H,(H,26,31)/t19-,20+/m0/s1. The molecule has 2 N–H and O–H groups in total. The van der Waals surface area contributed by atoms with Crippen LogP contribution >= 0.6 is 11.8 Å². The van der Waals surface area contributed by atoms with Crippen LogP contribution in [0.3, 0.4) is 0 Å². The lowest BCUT2D eigenvalue weighted by Crippen LogP contribution is -2.41. The van der Waals surface area contributed by atoms with E-state index in [0.717, 1.165) is 11.1 Å². The van der Waals surface area contributed by atoms with Gasteiger partial charge < -0.3 is 10.7 Å². The Morgan fingerprint density at radius 1 is 0.906 bits per heavy atom. The van der Waals surface area contributed by atoms with E-state index in [1.54, 1.807) is 16.8 Å². The summed E-state index contributed by atoms with van der Waals surface area (Å²) >= 11 is 1.26. The van der Waals surface area contributed by atoms with Crippen LogP contribution in [0.4, 0.5) is 14.5 Å². The van der Waals surface area contributed by atoms with Crippen molar-refractivity contribution in [3.63, 3.8) is 0 Å². The summed E-state index contributed by atoms with van der Waals surface area (Å²) in [6.45, 7) is 0. The van der Waals surface area contributed by atoms with Crippen molar-refractivity contribution >= 4 is 23.4 Å². The summed E-state index contributed by atoms with van der Waals surface area (Å²) < 4.78 is 28.5. The summed E-state index contributed by atoms with van der Waals surface area (Å²) in [5.41, 5.74) is 5.41. The van der Waals surface area contributed by atoms with Crippen molar-refractivity contribution in [1.82, 2.24) is 14.9 Å². The molecule has 3 aromatic carbocycles. The van der Waals surface area contributed by atoms with Gasteiger partial charge in [-0.15, -0.1) is 10.2 Å². The fourth-order valence-electron chi connectivity index (χ4n) is 3.50. The number of rotatable bonds is 4. The predicted octanol–water partition coefficient (Wildman–Crippen LogP) is 4.62. The fourth-order valence-corrected chi connectivity index (χ4v) is 4.58. The molecule has 0 unspecified atom stereocenters. The van der Waals surface area contributed by atoms with Gasteiger partial charge in [-0.05, 0) is 42.0 Å². The van der Waals surface area contributed by atoms with Crippen LogP contribution in [0.2, 0.25) is 0 Å². The summed E-state index contributed by atoms with van der Waals surface area (Å²) in [7, 11) is 0. The summed E-state index contributed by atoms with van der Waals surface area (Å²) in [5, 5.41) is 11.3. The van der Waals surface area contributed by atoms with Gasteiger partial charge in [-0.3, -0.25) is 4.79 Å². The molecular formula is C23H17F2N5OS. The van der Waals surface area contributed by atoms with E-state index in [9.17, 15) is 13.6 Å². The van der Waals surface area contributed by atoms with Crippen LogP contribution in [0.15, 0.2) is 84.0 Å². The number of nitrogens with zero attached hydrogens (tertiary/aromatic N) is 3. The van der Waals surface area contributed by atoms with Crippen LogP contribution in [0.25, 0.3) is 11.4 Å². The number of amides is 1. The maximum absolute atomic E-state index is 13.5. The zero-order valence-corrected chi connectivity index (χ0v) is 17.4. The highest BCUT2D eigenvalue weighted by molar-refractivity contribution is 8.00. The number of nitrogens with one attached hydrogen (secondary N) is 2. The maximum Gasteiger partial charge on any atom is 0.240 e. The molecule has 1 amide bonds. The van der Waals surface area contributed by atoms with Crippen LogP contribution in [0.1, 0.15) is 11.6 Å². The van der Waals surface area contributed by atoms with E-state index in [0.29, 0.717) is 16.7 Å². The van der Waals surface area contributed by atoms with Gasteiger partial charge in [-0.25, -0.2) is 13.5 Å². The first kappa shape index (κ1) is 20.2. The summed E-state index contributed by atoms with van der Waals surface area (Å²) in [4.78, 5) is 13.2. The predicted molar refractivity (Wildman–Crippen MR) is 119 cm³/mol. The molecule has 6 nitrogen and oxygen atoms in total. The van der Waals surface area contributed by atoms with Gasteiger partial charge in [0.2, 0.25) is 11.1 Å². The Kier molecular flexibility index (Phi) is 5.32. The third-order valence-electron chi connectivity index (χ3n) is 5.07. The normalized spacial score (nSPS) is 17.3. The fraction of sp³-hybridized carbons (Fsp3) is 0.0870. The molecule has 0 aliphatic carbocycles. The van der Waals surface area contributed by atoms with Crippen LogP contribution in [0, 0.1) is 11.6 Å². The molecule has 2 atom stereocenters. The van der Waals surface area contributed by atoms with Crippen molar-refractivity contribution in [1.29, 1.82) is 0 Å². The molecule has 32 heavy (non-hydrogen) atoms. The van der Waals surface area contributed by atoms with Gasteiger partial charge >= 0.3 is 0 Å². The molecule has 160 valence electrons. The molecule has 2 heterocycles. The van der Waals surface area contributed by atoms with Crippen molar-refractivity contribution in [2.24, 2.45) is 0 Å². The zero-order valence-electron chi connectivity index (χ0n) is 16.6. The van der Waals surface area contributed by atoms with Crippen molar-refractivity contribution in [3.8, 4) is 11.4 Å². The highest BCUT2D eigenvalue weighted by Crippen LogP contribution is 2.39. The Hall–Kier alpha value is -3.72. The lowest BCUT2D eigenvalue weighted by molar-refractivity contribution is -0.116. The molecule has 9 heteroatoms. The van der Waals surface area contributed by atoms with Crippen LogP contribution in [-0.2, 0) is 4.79 Å². The molecule has 1 aromatic heterocycles. The van der Waals surface area contributed by atoms with E-state index in [2.05, 4.69) is 20.9 Å². The van der Waals surface area contributed by atoms with Gasteiger partial charge in [-0.1, -0.05) is 54.2 Å². The molecule has 0 radical (unpaired) electrons. The average Bonchev–Trinajstić information content (AvgIpc) is 3.24. The van der Waals surface area contributed by atoms with Gasteiger partial charge in [0.15, 0.2) is 5.82 Å². The van der Waals surface area contributed by atoms with Gasteiger partial charge in [0.05, 0.1) is 6.04 Å². The molecule has 1 aliphatic heterocycles. The maximum atomic E-state index is 13.5. The lowest BCUT2D eigenvalue weighted by Gasteiger charge is -2.33. The van der Waals surface area contributed by atoms with E-state index in [1.807, 2.05) is 30.3 Å². The molecule has 1 aliphatic rings. The van der Waals surface area contributed by atoms with Crippen molar-refractivity contribution in [2.75, 3.05) is 10.7 Å². The molecule has 0 spiro atoms. The largest absolute Gasteiger partial charge is 0.325 e. The monoisotopic (exact) mass is 449 g/mol. The molecule has 0 bridgehead atoms. The summed E-state index contributed by atoms with van der Waals surface area (Å²) in [5.74, 6) is -0.432. The lowest BCUT2D eigenvalue weighted by atomic mass is 10.0. The third kappa shape index (κ3) is 3.94. The van der Waals surface area contributed by atoms with Gasteiger partial charge in [0, 0.05) is 11.3 Å². The minimum absolute atomic E-state index is 0.293. The van der Waals surface area contributed by atoms with E-state index < -0.39 is 11.3 Å². The number of thioether (sulfide) groups is 1. The number of fused-ring (bicyclic) bond motifs is 1. The third-order valence-corrected chi connectivity index (χ3v) is 6.28. The average molecular weight is 449 g/mol. The Labute approximate surface area is 186 Å². The van der Waals surface area contributed by atoms with Crippen molar-refractivity contribution in [2.45, 2.75) is 16.4 Å². The minimum Gasteiger partial charge on any atom is -0.325 e. The van der Waals surface area contributed by atoms with Crippen molar-refractivity contribution in [3.05, 3.63) is 96.1 Å². The number of hydrogen-bond acceptors (Lipinski definition) is 5. The number of hydrogen-bond donors (Lipinski definition) is 2. The van der Waals surface area contributed by atoms with Gasteiger partial charge in [0.1, 0.15) is 16.9 Å². The quantitative estimate of drug-likeness (QED) is 0.476. The first-order valence-corrected chi connectivity index (χ1v) is 10.7. The SMILES string of the molecule is O=C(Nc1ccc(F)cc1)[C@@H]1Sc2nnc(-c3ccccc3)n2N[C@H]1c1ccc(F)cc1. The Bertz CT molecular complexity index is 1250. The highest BCUT2D eigenvalue weighted by atomic mass is 32.2. The van der Waals surface area contributed by atoms with Gasteiger partial charge in [0.25, 0.3) is 0 Å². The Morgan fingerprint density at radius 2 is 1.56 bits per heavy atom. The minimum atomic E-state index is -0.633. The number of carbonyl (C=O) groups is 1. The number of carbonyl (C=O) groups excluding carboxylic acids is 1. The molecule has 0 saturated carbocycles. The first-order valence-electron chi connectivity index (χ1n) is 9.84. The topological polar surface area (TPSA) is 71.8 Å². The van der Waals surface area contributed by atoms with E-state index in [4.69, 9.17) is 0 Å².